The predicted octanol–water partition coefficient (Wildman–Crippen LogP) is 0.591. The zero-order chi connectivity index (χ0) is 12.4. The van der Waals surface area contributed by atoms with E-state index in [0.717, 1.165) is 32.2 Å². The fourth-order valence-corrected chi connectivity index (χ4v) is 3.13. The van der Waals surface area contributed by atoms with Crippen LogP contribution in [-0.2, 0) is 4.79 Å². The van der Waals surface area contributed by atoms with Crippen LogP contribution < -0.4 is 5.73 Å². The molecule has 1 aliphatic carbocycles. The Morgan fingerprint density at radius 3 is 2.82 bits per heavy atom. The van der Waals surface area contributed by atoms with Crippen LogP contribution in [-0.4, -0.2) is 41.7 Å². The van der Waals surface area contributed by atoms with Crippen LogP contribution in [0.4, 0.5) is 0 Å². The zero-order valence-corrected chi connectivity index (χ0v) is 10.6. The number of carbonyl (C=O) groups is 1. The van der Waals surface area contributed by atoms with Crippen molar-refractivity contribution in [3.8, 4) is 0 Å². The van der Waals surface area contributed by atoms with Gasteiger partial charge in [-0.25, -0.2) is 0 Å². The van der Waals surface area contributed by atoms with Gasteiger partial charge in [-0.3, -0.25) is 4.79 Å². The van der Waals surface area contributed by atoms with Crippen molar-refractivity contribution < 1.29 is 9.90 Å². The van der Waals surface area contributed by atoms with E-state index in [4.69, 9.17) is 5.73 Å². The van der Waals surface area contributed by atoms with Gasteiger partial charge >= 0.3 is 0 Å². The van der Waals surface area contributed by atoms with Gasteiger partial charge in [-0.05, 0) is 37.6 Å². The molecular weight excluding hydrogens is 216 g/mol. The molecule has 0 bridgehead atoms. The number of piperidine rings is 1. The first-order valence-corrected chi connectivity index (χ1v) is 6.80. The maximum absolute atomic E-state index is 12.4. The lowest BCUT2D eigenvalue weighted by atomic mass is 9.91. The normalized spacial score (nSPS) is 38.4. The number of aliphatic hydroxyl groups is 1. The lowest BCUT2D eigenvalue weighted by molar-refractivity contribution is -0.140. The Balaban J connectivity index is 1.95. The van der Waals surface area contributed by atoms with Crippen LogP contribution in [0.25, 0.3) is 0 Å². The van der Waals surface area contributed by atoms with Crippen LogP contribution in [0.2, 0.25) is 0 Å². The molecule has 17 heavy (non-hydrogen) atoms. The number of aliphatic hydroxyl groups excluding tert-OH is 1. The number of nitrogens with two attached hydrogens (primary N) is 1. The number of β-amino-alcohol motifs (C(OH)–C–C–N with tert-alkyl or cyclic N) is 1. The highest BCUT2D eigenvalue weighted by atomic mass is 16.3. The molecule has 1 aliphatic heterocycles. The van der Waals surface area contributed by atoms with Gasteiger partial charge in [0.25, 0.3) is 0 Å². The molecule has 3 N–H and O–H groups in total. The summed E-state index contributed by atoms with van der Waals surface area (Å²) in [5.74, 6) is 1.01. The van der Waals surface area contributed by atoms with Crippen LogP contribution in [0.1, 0.15) is 32.6 Å². The Labute approximate surface area is 103 Å². The summed E-state index contributed by atoms with van der Waals surface area (Å²) in [5.41, 5.74) is 5.72. The second kappa shape index (κ2) is 5.36. The van der Waals surface area contributed by atoms with E-state index < -0.39 is 0 Å². The van der Waals surface area contributed by atoms with E-state index in [2.05, 4.69) is 0 Å². The van der Waals surface area contributed by atoms with E-state index in [0.29, 0.717) is 24.9 Å². The molecule has 4 atom stereocenters. The average Bonchev–Trinajstić information content (AvgIpc) is 2.80. The molecule has 0 aromatic carbocycles. The fourth-order valence-electron chi connectivity index (χ4n) is 3.13. The number of rotatable bonds is 2. The molecule has 1 saturated heterocycles. The first-order valence-electron chi connectivity index (χ1n) is 6.80. The van der Waals surface area contributed by atoms with Crippen molar-refractivity contribution in [1.29, 1.82) is 0 Å². The molecular formula is C13H24N2O2. The molecule has 2 fully saturated rings. The summed E-state index contributed by atoms with van der Waals surface area (Å²) in [6.07, 6.45) is 3.73. The van der Waals surface area contributed by atoms with Gasteiger partial charge in [-0.2, -0.15) is 0 Å². The number of likely N-dealkylation sites (tertiary alicyclic amines) is 1. The molecule has 2 aliphatic rings. The van der Waals surface area contributed by atoms with Crippen molar-refractivity contribution in [3.63, 3.8) is 0 Å². The molecule has 1 amide bonds. The molecule has 2 rings (SSSR count). The van der Waals surface area contributed by atoms with Crippen LogP contribution in [0, 0.1) is 17.8 Å². The van der Waals surface area contributed by atoms with E-state index in [1.54, 1.807) is 0 Å². The van der Waals surface area contributed by atoms with Gasteiger partial charge in [0, 0.05) is 19.0 Å². The summed E-state index contributed by atoms with van der Waals surface area (Å²) >= 11 is 0. The molecule has 1 saturated carbocycles. The van der Waals surface area contributed by atoms with Crippen molar-refractivity contribution in [2.75, 3.05) is 19.6 Å². The largest absolute Gasteiger partial charge is 0.391 e. The quantitative estimate of drug-likeness (QED) is 0.742. The molecule has 0 aromatic heterocycles. The Kier molecular flexibility index (Phi) is 4.05. The number of carbonyl (C=O) groups excluding carboxylic acids is 1. The Hall–Kier alpha value is -0.610. The second-order valence-corrected chi connectivity index (χ2v) is 5.65. The van der Waals surface area contributed by atoms with Crippen LogP contribution in [0.5, 0.6) is 0 Å². The van der Waals surface area contributed by atoms with Crippen molar-refractivity contribution in [2.45, 2.75) is 38.7 Å². The third-order valence-corrected chi connectivity index (χ3v) is 4.51. The van der Waals surface area contributed by atoms with E-state index in [9.17, 15) is 9.90 Å². The molecule has 4 heteroatoms. The first kappa shape index (κ1) is 12.8. The topological polar surface area (TPSA) is 66.6 Å². The van der Waals surface area contributed by atoms with E-state index in [1.165, 1.54) is 0 Å². The van der Waals surface area contributed by atoms with Crippen LogP contribution >= 0.6 is 0 Å². The van der Waals surface area contributed by atoms with Gasteiger partial charge in [0.05, 0.1) is 6.10 Å². The smallest absolute Gasteiger partial charge is 0.226 e. The second-order valence-electron chi connectivity index (χ2n) is 5.65. The number of hydrogen-bond acceptors (Lipinski definition) is 3. The fraction of sp³-hybridized carbons (Fsp3) is 0.923. The van der Waals surface area contributed by atoms with Crippen molar-refractivity contribution >= 4 is 5.91 Å². The van der Waals surface area contributed by atoms with Gasteiger partial charge in [0.1, 0.15) is 0 Å². The molecule has 1 heterocycles. The Morgan fingerprint density at radius 2 is 2.18 bits per heavy atom. The van der Waals surface area contributed by atoms with Crippen LogP contribution in [0.15, 0.2) is 0 Å². The lowest BCUT2D eigenvalue weighted by Crippen LogP contribution is -2.48. The highest BCUT2D eigenvalue weighted by Gasteiger charge is 2.37. The average molecular weight is 240 g/mol. The van der Waals surface area contributed by atoms with Gasteiger partial charge in [0.15, 0.2) is 0 Å². The van der Waals surface area contributed by atoms with E-state index in [1.807, 2.05) is 11.8 Å². The van der Waals surface area contributed by atoms with Crippen molar-refractivity contribution in [2.24, 2.45) is 23.5 Å². The van der Waals surface area contributed by atoms with Gasteiger partial charge in [-0.1, -0.05) is 13.3 Å². The minimum absolute atomic E-state index is 0.112. The molecule has 4 nitrogen and oxygen atoms in total. The maximum atomic E-state index is 12.4. The molecule has 4 unspecified atom stereocenters. The summed E-state index contributed by atoms with van der Waals surface area (Å²) in [6, 6.07) is 0. The minimum atomic E-state index is -0.356. The van der Waals surface area contributed by atoms with Gasteiger partial charge < -0.3 is 15.7 Å². The highest BCUT2D eigenvalue weighted by Crippen LogP contribution is 2.33. The van der Waals surface area contributed by atoms with Crippen molar-refractivity contribution in [3.05, 3.63) is 0 Å². The van der Waals surface area contributed by atoms with Gasteiger partial charge in [0.2, 0.25) is 5.91 Å². The van der Waals surface area contributed by atoms with Gasteiger partial charge in [-0.15, -0.1) is 0 Å². The SMILES string of the molecule is CC1CCN(C(=O)C2CCCC2CN)CC1O. The number of nitrogens with zero attached hydrogens (tertiary/aromatic N) is 1. The Bertz CT molecular complexity index is 283. The molecule has 0 radical (unpaired) electrons. The molecule has 0 aromatic rings. The monoisotopic (exact) mass is 240 g/mol. The number of hydrogen-bond donors (Lipinski definition) is 2. The zero-order valence-electron chi connectivity index (χ0n) is 10.6. The number of amides is 1. The summed E-state index contributed by atoms with van der Waals surface area (Å²) in [5, 5.41) is 9.84. The summed E-state index contributed by atoms with van der Waals surface area (Å²) in [4.78, 5) is 14.2. The van der Waals surface area contributed by atoms with E-state index >= 15 is 0 Å². The highest BCUT2D eigenvalue weighted by molar-refractivity contribution is 5.79. The molecule has 98 valence electrons. The summed E-state index contributed by atoms with van der Waals surface area (Å²) in [6.45, 7) is 3.96. The summed E-state index contributed by atoms with van der Waals surface area (Å²) < 4.78 is 0. The maximum Gasteiger partial charge on any atom is 0.226 e. The van der Waals surface area contributed by atoms with E-state index in [-0.39, 0.29) is 17.9 Å². The lowest BCUT2D eigenvalue weighted by Gasteiger charge is -2.36. The minimum Gasteiger partial charge on any atom is -0.391 e. The summed E-state index contributed by atoms with van der Waals surface area (Å²) in [7, 11) is 0. The Morgan fingerprint density at radius 1 is 1.41 bits per heavy atom. The van der Waals surface area contributed by atoms with Crippen LogP contribution in [0.3, 0.4) is 0 Å². The van der Waals surface area contributed by atoms with Crippen molar-refractivity contribution in [1.82, 2.24) is 4.90 Å². The molecule has 0 spiro atoms. The standard InChI is InChI=1S/C13H24N2O2/c1-9-5-6-15(8-12(9)16)13(17)11-4-2-3-10(11)7-14/h9-12,16H,2-8,14H2,1H3. The third kappa shape index (κ3) is 2.63. The first-order chi connectivity index (χ1) is 8.13. The predicted molar refractivity (Wildman–Crippen MR) is 66.3 cm³/mol. The third-order valence-electron chi connectivity index (χ3n) is 4.51.